The molecular weight excluding hydrogens is 423 g/mol. The van der Waals surface area contributed by atoms with Crippen molar-refractivity contribution in [1.82, 2.24) is 15.1 Å². The Morgan fingerprint density at radius 3 is 2.52 bits per heavy atom. The first-order valence-electron chi connectivity index (χ1n) is 11.5. The number of benzene rings is 2. The minimum atomic E-state index is -0.804. The molecule has 2 N–H and O–H groups in total. The van der Waals surface area contributed by atoms with E-state index in [2.05, 4.69) is 27.2 Å². The summed E-state index contributed by atoms with van der Waals surface area (Å²) in [6.07, 6.45) is -0.879. The van der Waals surface area contributed by atoms with E-state index >= 15 is 0 Å². The molecule has 1 amide bonds. The number of rotatable bonds is 7. The van der Waals surface area contributed by atoms with Crippen molar-refractivity contribution in [3.63, 3.8) is 0 Å². The van der Waals surface area contributed by atoms with E-state index in [-0.39, 0.29) is 30.4 Å². The molecule has 2 aromatic rings. The molecule has 4 atom stereocenters. The van der Waals surface area contributed by atoms with Gasteiger partial charge in [0, 0.05) is 44.4 Å². The van der Waals surface area contributed by atoms with Crippen LogP contribution >= 0.6 is 0 Å². The average molecular weight is 457 g/mol. The molecule has 1 heterocycles. The molecule has 0 aromatic heterocycles. The third-order valence-corrected chi connectivity index (χ3v) is 6.38. The maximum atomic E-state index is 13.6. The van der Waals surface area contributed by atoms with Crippen molar-refractivity contribution in [2.45, 2.75) is 30.7 Å². The fraction of sp³-hybridized carbons (Fsp3) is 0.480. The van der Waals surface area contributed by atoms with Gasteiger partial charge in [-0.2, -0.15) is 0 Å². The van der Waals surface area contributed by atoms with Crippen molar-refractivity contribution in [3.05, 3.63) is 60.4 Å². The van der Waals surface area contributed by atoms with Crippen LogP contribution in [-0.2, 0) is 4.79 Å². The molecule has 0 radical (unpaired) electrons. The van der Waals surface area contributed by atoms with Gasteiger partial charge in [-0.1, -0.05) is 24.3 Å². The van der Waals surface area contributed by atoms with Gasteiger partial charge in [-0.3, -0.25) is 9.69 Å². The smallest absolute Gasteiger partial charge is 0.234 e. The normalized spacial score (nSPS) is 25.9. The number of ether oxygens (including phenoxy) is 1. The Morgan fingerprint density at radius 2 is 1.85 bits per heavy atom. The number of para-hydroxylation sites is 1. The zero-order valence-electron chi connectivity index (χ0n) is 19.2. The van der Waals surface area contributed by atoms with Gasteiger partial charge in [0.1, 0.15) is 23.8 Å². The monoisotopic (exact) mass is 456 g/mol. The number of aliphatic hydroxyl groups is 1. The lowest BCUT2D eigenvalue weighted by Crippen LogP contribution is -2.59. The first-order valence-corrected chi connectivity index (χ1v) is 11.5. The highest BCUT2D eigenvalue weighted by atomic mass is 19.1. The zero-order chi connectivity index (χ0) is 23.4. The van der Waals surface area contributed by atoms with Gasteiger partial charge < -0.3 is 25.0 Å². The Labute approximate surface area is 194 Å². The van der Waals surface area contributed by atoms with E-state index in [4.69, 9.17) is 4.74 Å². The number of nitrogens with one attached hydrogen (secondary N) is 1. The molecule has 2 aliphatic rings. The molecule has 178 valence electrons. The molecule has 0 spiro atoms. The summed E-state index contributed by atoms with van der Waals surface area (Å²) in [6, 6.07) is 15.7. The minimum absolute atomic E-state index is 0.0865. The minimum Gasteiger partial charge on any atom is -0.487 e. The van der Waals surface area contributed by atoms with Crippen LogP contribution in [0.2, 0.25) is 0 Å². The molecule has 4 rings (SSSR count). The number of amides is 1. The summed E-state index contributed by atoms with van der Waals surface area (Å²) < 4.78 is 19.6. The third kappa shape index (κ3) is 5.82. The predicted molar refractivity (Wildman–Crippen MR) is 126 cm³/mol. The lowest BCUT2D eigenvalue weighted by Gasteiger charge is -2.42. The summed E-state index contributed by atoms with van der Waals surface area (Å²) in [6.45, 7) is 3.48. The van der Waals surface area contributed by atoms with Gasteiger partial charge in [-0.15, -0.1) is 0 Å². The quantitative estimate of drug-likeness (QED) is 0.660. The second kappa shape index (κ2) is 10.5. The number of nitrogens with zero attached hydrogens (tertiary/aromatic N) is 3. The molecule has 2 aromatic carbocycles. The van der Waals surface area contributed by atoms with Crippen LogP contribution in [0.25, 0.3) is 0 Å². The molecule has 0 bridgehead atoms. The van der Waals surface area contributed by atoms with Crippen LogP contribution in [0.5, 0.6) is 5.75 Å². The molecule has 0 unspecified atom stereocenters. The number of carbonyl (C=O) groups excluding carboxylic acids is 1. The number of aliphatic hydroxyl groups excluding tert-OH is 1. The van der Waals surface area contributed by atoms with Gasteiger partial charge in [0.15, 0.2) is 0 Å². The van der Waals surface area contributed by atoms with E-state index < -0.39 is 12.2 Å². The maximum absolute atomic E-state index is 13.6. The molecule has 1 aliphatic heterocycles. The van der Waals surface area contributed by atoms with Gasteiger partial charge >= 0.3 is 0 Å². The Kier molecular flexibility index (Phi) is 7.47. The summed E-state index contributed by atoms with van der Waals surface area (Å²) in [4.78, 5) is 18.9. The van der Waals surface area contributed by atoms with Crippen molar-refractivity contribution >= 4 is 11.6 Å². The summed E-state index contributed by atoms with van der Waals surface area (Å²) in [5.74, 6) is -0.0899. The number of carbonyl (C=O) groups is 1. The van der Waals surface area contributed by atoms with E-state index in [1.807, 2.05) is 37.2 Å². The van der Waals surface area contributed by atoms with Crippen LogP contribution in [0.1, 0.15) is 6.42 Å². The van der Waals surface area contributed by atoms with Gasteiger partial charge in [0.05, 0.1) is 18.6 Å². The van der Waals surface area contributed by atoms with Gasteiger partial charge in [0.2, 0.25) is 5.91 Å². The molecule has 2 fully saturated rings. The van der Waals surface area contributed by atoms with E-state index in [9.17, 15) is 14.3 Å². The van der Waals surface area contributed by atoms with Crippen molar-refractivity contribution in [2.75, 3.05) is 51.7 Å². The van der Waals surface area contributed by atoms with Crippen LogP contribution in [0, 0.1) is 5.82 Å². The molecule has 33 heavy (non-hydrogen) atoms. The van der Waals surface area contributed by atoms with Crippen molar-refractivity contribution < 1.29 is 19.0 Å². The highest BCUT2D eigenvalue weighted by Crippen LogP contribution is 2.31. The largest absolute Gasteiger partial charge is 0.487 e. The lowest BCUT2D eigenvalue weighted by molar-refractivity contribution is -0.122. The van der Waals surface area contributed by atoms with E-state index in [1.54, 1.807) is 12.1 Å². The van der Waals surface area contributed by atoms with Crippen molar-refractivity contribution in [3.8, 4) is 5.75 Å². The maximum Gasteiger partial charge on any atom is 0.234 e. The molecule has 7 nitrogen and oxygen atoms in total. The van der Waals surface area contributed by atoms with Crippen LogP contribution in [-0.4, -0.2) is 91.9 Å². The van der Waals surface area contributed by atoms with Crippen molar-refractivity contribution in [2.24, 2.45) is 0 Å². The fourth-order valence-corrected chi connectivity index (χ4v) is 4.89. The third-order valence-electron chi connectivity index (χ3n) is 6.38. The SMILES string of the molecule is CN(C)CC(=O)N[C@@H]1C[C@@H](Oc2cccc(F)c2)[C@H](O)[C@H]1N1CCN(c2ccccc2)CC1. The highest BCUT2D eigenvalue weighted by Gasteiger charge is 2.48. The van der Waals surface area contributed by atoms with E-state index in [0.29, 0.717) is 12.2 Å². The summed E-state index contributed by atoms with van der Waals surface area (Å²) in [5.41, 5.74) is 1.19. The Hall–Kier alpha value is -2.68. The second-order valence-corrected chi connectivity index (χ2v) is 9.10. The molecular formula is C25H33FN4O3. The first-order chi connectivity index (χ1) is 15.9. The molecule has 1 saturated heterocycles. The van der Waals surface area contributed by atoms with Gasteiger partial charge in [0.25, 0.3) is 0 Å². The fourth-order valence-electron chi connectivity index (χ4n) is 4.89. The number of hydrogen-bond donors (Lipinski definition) is 2. The van der Waals surface area contributed by atoms with Crippen LogP contribution < -0.4 is 15.0 Å². The Morgan fingerprint density at radius 1 is 1.12 bits per heavy atom. The Balaban J connectivity index is 1.46. The Bertz CT molecular complexity index is 921. The number of halogens is 1. The second-order valence-electron chi connectivity index (χ2n) is 9.10. The van der Waals surface area contributed by atoms with Crippen LogP contribution in [0.3, 0.4) is 0 Å². The highest BCUT2D eigenvalue weighted by molar-refractivity contribution is 5.78. The average Bonchev–Trinajstić information content (AvgIpc) is 3.08. The number of hydrogen-bond acceptors (Lipinski definition) is 6. The summed E-state index contributed by atoms with van der Waals surface area (Å²) >= 11 is 0. The number of piperazine rings is 1. The first kappa shape index (κ1) is 23.5. The summed E-state index contributed by atoms with van der Waals surface area (Å²) in [5, 5.41) is 14.4. The number of anilines is 1. The topological polar surface area (TPSA) is 68.3 Å². The standard InChI is InChI=1S/C25H33FN4O3/c1-28(2)17-23(31)27-21-16-22(33-20-10-6-7-18(26)15-20)25(32)24(21)30-13-11-29(12-14-30)19-8-4-3-5-9-19/h3-10,15,21-22,24-25,32H,11-14,16-17H2,1-2H3,(H,27,31)/t21-,22-,24+,25+/m1/s1. The summed E-state index contributed by atoms with van der Waals surface area (Å²) in [7, 11) is 3.69. The predicted octanol–water partition coefficient (Wildman–Crippen LogP) is 1.57. The van der Waals surface area contributed by atoms with Crippen LogP contribution in [0.15, 0.2) is 54.6 Å². The van der Waals surface area contributed by atoms with Gasteiger partial charge in [-0.05, 0) is 38.4 Å². The van der Waals surface area contributed by atoms with E-state index in [0.717, 1.165) is 26.2 Å². The molecule has 8 heteroatoms. The van der Waals surface area contributed by atoms with Crippen molar-refractivity contribution in [1.29, 1.82) is 0 Å². The molecule has 1 saturated carbocycles. The molecule has 1 aliphatic carbocycles. The van der Waals surface area contributed by atoms with Gasteiger partial charge in [-0.25, -0.2) is 4.39 Å². The lowest BCUT2D eigenvalue weighted by atomic mass is 10.1. The zero-order valence-corrected chi connectivity index (χ0v) is 19.2. The van der Waals surface area contributed by atoms with Crippen LogP contribution in [0.4, 0.5) is 10.1 Å². The van der Waals surface area contributed by atoms with E-state index in [1.165, 1.54) is 17.8 Å². The number of likely N-dealkylation sites (N-methyl/N-ethyl adjacent to an activating group) is 1.